The van der Waals surface area contributed by atoms with Crippen LogP contribution in [-0.4, -0.2) is 71.6 Å². The average Bonchev–Trinajstić information content (AvgIpc) is 3.35. The Bertz CT molecular complexity index is 1380. The van der Waals surface area contributed by atoms with Crippen molar-refractivity contribution in [3.63, 3.8) is 0 Å². The summed E-state index contributed by atoms with van der Waals surface area (Å²) in [6, 6.07) is 22.8. The maximum atomic E-state index is 12.8. The minimum atomic E-state index is -0.893. The van der Waals surface area contributed by atoms with Gasteiger partial charge in [0.15, 0.2) is 5.82 Å². The third-order valence-electron chi connectivity index (χ3n) is 6.42. The minimum Gasteiger partial charge on any atom is -0.491 e. The van der Waals surface area contributed by atoms with E-state index in [2.05, 4.69) is 20.4 Å². The highest BCUT2D eigenvalue weighted by atomic mass is 16.5. The lowest BCUT2D eigenvalue weighted by atomic mass is 10.1. The van der Waals surface area contributed by atoms with Gasteiger partial charge >= 0.3 is 6.09 Å². The molecule has 38 heavy (non-hydrogen) atoms. The lowest BCUT2D eigenvalue weighted by molar-refractivity contribution is 0.0889. The molecule has 196 valence electrons. The summed E-state index contributed by atoms with van der Waals surface area (Å²) in [5, 5.41) is 20.0. The van der Waals surface area contributed by atoms with E-state index in [4.69, 9.17) is 14.6 Å². The van der Waals surface area contributed by atoms with Gasteiger partial charge in [0.2, 0.25) is 0 Å². The van der Waals surface area contributed by atoms with Crippen molar-refractivity contribution in [2.24, 2.45) is 0 Å². The third-order valence-corrected chi connectivity index (χ3v) is 6.42. The van der Waals surface area contributed by atoms with Crippen LogP contribution in [0.15, 0.2) is 72.8 Å². The second-order valence-corrected chi connectivity index (χ2v) is 8.92. The summed E-state index contributed by atoms with van der Waals surface area (Å²) in [6.07, 6.45) is -0.893. The summed E-state index contributed by atoms with van der Waals surface area (Å²) in [6.45, 7) is 3.57. The Hall–Kier alpha value is -4.57. The Balaban J connectivity index is 1.12. The van der Waals surface area contributed by atoms with Crippen LogP contribution in [0.3, 0.4) is 0 Å². The van der Waals surface area contributed by atoms with Crippen molar-refractivity contribution in [2.75, 3.05) is 49.6 Å². The number of H-pyrrole nitrogens is 1. The molecule has 1 aliphatic heterocycles. The molecule has 10 nitrogen and oxygen atoms in total. The van der Waals surface area contributed by atoms with Gasteiger partial charge in [-0.1, -0.05) is 30.3 Å². The second kappa shape index (κ2) is 11.7. The number of rotatable bonds is 9. The first-order valence-electron chi connectivity index (χ1n) is 12.4. The maximum absolute atomic E-state index is 12.8. The van der Waals surface area contributed by atoms with Crippen molar-refractivity contribution in [1.29, 1.82) is 0 Å². The van der Waals surface area contributed by atoms with Crippen molar-refractivity contribution < 1.29 is 24.2 Å². The second-order valence-electron chi connectivity index (χ2n) is 8.92. The molecule has 1 saturated heterocycles. The first-order chi connectivity index (χ1) is 18.6. The smallest absolute Gasteiger partial charge is 0.407 e. The van der Waals surface area contributed by atoms with Gasteiger partial charge < -0.3 is 29.7 Å². The molecule has 5 rings (SSSR count). The van der Waals surface area contributed by atoms with E-state index in [-0.39, 0.29) is 5.91 Å². The molecule has 0 unspecified atom stereocenters. The first kappa shape index (κ1) is 25.1. The summed E-state index contributed by atoms with van der Waals surface area (Å²) in [5.41, 5.74) is 3.33. The van der Waals surface area contributed by atoms with E-state index in [1.807, 2.05) is 60.7 Å². The molecule has 1 aromatic heterocycles. The molecule has 0 aliphatic carbocycles. The number of piperazine rings is 1. The summed E-state index contributed by atoms with van der Waals surface area (Å²) < 4.78 is 11.4. The van der Waals surface area contributed by atoms with Crippen LogP contribution >= 0.6 is 0 Å². The summed E-state index contributed by atoms with van der Waals surface area (Å²) in [4.78, 5) is 27.5. The number of fused-ring (bicyclic) bond motifs is 1. The fraction of sp³-hybridized carbons (Fsp3) is 0.250. The first-order valence-corrected chi connectivity index (χ1v) is 12.4. The van der Waals surface area contributed by atoms with E-state index < -0.39 is 6.09 Å². The van der Waals surface area contributed by atoms with Gasteiger partial charge in [0.25, 0.3) is 5.91 Å². The molecular formula is C28H29N5O5. The number of nitrogens with one attached hydrogen (secondary N) is 2. The van der Waals surface area contributed by atoms with E-state index in [1.165, 1.54) is 4.90 Å². The number of hydrogen-bond acceptors (Lipinski definition) is 6. The number of hydrogen-bond donors (Lipinski definition) is 3. The van der Waals surface area contributed by atoms with Gasteiger partial charge in [-0.2, -0.15) is 5.10 Å². The van der Waals surface area contributed by atoms with Crippen LogP contribution in [0.4, 0.5) is 16.3 Å². The number of ether oxygens (including phenoxy) is 2. The monoisotopic (exact) mass is 515 g/mol. The minimum absolute atomic E-state index is 0.267. The molecule has 3 aromatic carbocycles. The number of carbonyl (C=O) groups excluding carboxylic acids is 1. The van der Waals surface area contributed by atoms with Crippen LogP contribution in [0.2, 0.25) is 0 Å². The summed E-state index contributed by atoms with van der Waals surface area (Å²) in [7, 11) is 0. The number of carboxylic acid groups (broad SMARTS) is 1. The summed E-state index contributed by atoms with van der Waals surface area (Å²) in [5.74, 6) is 0.857. The van der Waals surface area contributed by atoms with Crippen LogP contribution in [-0.2, 0) is 11.3 Å². The number of aromatic nitrogens is 2. The van der Waals surface area contributed by atoms with Crippen LogP contribution in [0, 0.1) is 0 Å². The molecule has 1 aliphatic rings. The van der Waals surface area contributed by atoms with Gasteiger partial charge in [0.05, 0.1) is 18.7 Å². The van der Waals surface area contributed by atoms with Crippen molar-refractivity contribution in [2.45, 2.75) is 6.61 Å². The zero-order valence-electron chi connectivity index (χ0n) is 20.8. The molecule has 0 atom stereocenters. The number of aromatic amines is 1. The Morgan fingerprint density at radius 1 is 0.947 bits per heavy atom. The normalized spacial score (nSPS) is 13.5. The fourth-order valence-electron chi connectivity index (χ4n) is 4.33. The van der Waals surface area contributed by atoms with E-state index in [9.17, 15) is 9.59 Å². The Kier molecular flexibility index (Phi) is 7.70. The van der Waals surface area contributed by atoms with Gasteiger partial charge in [-0.25, -0.2) is 4.79 Å². The zero-order chi connectivity index (χ0) is 26.3. The predicted octanol–water partition coefficient (Wildman–Crippen LogP) is 4.21. The van der Waals surface area contributed by atoms with Gasteiger partial charge in [-0.15, -0.1) is 0 Å². The van der Waals surface area contributed by atoms with Crippen molar-refractivity contribution in [3.8, 4) is 5.75 Å². The molecule has 3 N–H and O–H groups in total. The Labute approximate surface area is 219 Å². The van der Waals surface area contributed by atoms with E-state index in [0.29, 0.717) is 63.1 Å². The highest BCUT2D eigenvalue weighted by Crippen LogP contribution is 2.26. The SMILES string of the molecule is O=C(Nc1n[nH]c2cc(OCCOCc3ccccc3)ccc12)c1ccc(N2CCN(C(=O)O)CC2)cc1. The van der Waals surface area contributed by atoms with Crippen LogP contribution < -0.4 is 15.0 Å². The topological polar surface area (TPSA) is 120 Å². The molecule has 0 radical (unpaired) electrons. The van der Waals surface area contributed by atoms with Crippen LogP contribution in [0.5, 0.6) is 5.75 Å². The van der Waals surface area contributed by atoms with Gasteiger partial charge in [-0.05, 0) is 42.0 Å². The number of anilines is 2. The number of nitrogens with zero attached hydrogens (tertiary/aromatic N) is 3. The number of amides is 2. The van der Waals surface area contributed by atoms with Gasteiger partial charge in [0.1, 0.15) is 12.4 Å². The van der Waals surface area contributed by atoms with Crippen LogP contribution in [0.25, 0.3) is 10.9 Å². The van der Waals surface area contributed by atoms with E-state index in [0.717, 1.165) is 22.2 Å². The molecule has 1 fully saturated rings. The lowest BCUT2D eigenvalue weighted by Gasteiger charge is -2.34. The highest BCUT2D eigenvalue weighted by molar-refractivity contribution is 6.08. The number of carbonyl (C=O) groups is 2. The predicted molar refractivity (Wildman–Crippen MR) is 144 cm³/mol. The summed E-state index contributed by atoms with van der Waals surface area (Å²) >= 11 is 0. The highest BCUT2D eigenvalue weighted by Gasteiger charge is 2.21. The van der Waals surface area contributed by atoms with Gasteiger partial charge in [-0.3, -0.25) is 9.89 Å². The quantitative estimate of drug-likeness (QED) is 0.286. The molecular weight excluding hydrogens is 486 g/mol. The van der Waals surface area contributed by atoms with E-state index >= 15 is 0 Å². The third kappa shape index (κ3) is 6.04. The van der Waals surface area contributed by atoms with Gasteiger partial charge in [0, 0.05) is 48.9 Å². The molecule has 2 amide bonds. The average molecular weight is 516 g/mol. The maximum Gasteiger partial charge on any atom is 0.407 e. The molecule has 0 saturated carbocycles. The largest absolute Gasteiger partial charge is 0.491 e. The standard InChI is InChI=1S/C28H29N5O5/c34-27(21-6-8-22(9-7-21)32-12-14-33(15-13-32)28(35)36)29-26-24-11-10-23(18-25(24)30-31-26)38-17-16-37-19-20-4-2-1-3-5-20/h1-11,18H,12-17,19H2,(H,35,36)(H2,29,30,31,34). The molecule has 10 heteroatoms. The number of benzene rings is 3. The molecule has 4 aromatic rings. The van der Waals surface area contributed by atoms with Crippen molar-refractivity contribution in [1.82, 2.24) is 15.1 Å². The van der Waals surface area contributed by atoms with Crippen molar-refractivity contribution >= 4 is 34.4 Å². The zero-order valence-corrected chi connectivity index (χ0v) is 20.8. The molecule has 2 heterocycles. The molecule has 0 bridgehead atoms. The molecule has 0 spiro atoms. The Morgan fingerprint density at radius 3 is 2.45 bits per heavy atom. The lowest BCUT2D eigenvalue weighted by Crippen LogP contribution is -2.48. The van der Waals surface area contributed by atoms with Crippen molar-refractivity contribution in [3.05, 3.63) is 83.9 Å². The Morgan fingerprint density at radius 2 is 1.71 bits per heavy atom. The fourth-order valence-corrected chi connectivity index (χ4v) is 4.33. The van der Waals surface area contributed by atoms with Crippen LogP contribution in [0.1, 0.15) is 15.9 Å². The van der Waals surface area contributed by atoms with E-state index in [1.54, 1.807) is 12.1 Å².